The maximum atomic E-state index is 12.4. The van der Waals surface area contributed by atoms with Crippen LogP contribution in [0.4, 0.5) is 0 Å². The first-order chi connectivity index (χ1) is 13.8. The van der Waals surface area contributed by atoms with Crippen molar-refractivity contribution in [2.24, 2.45) is 11.0 Å². The minimum atomic E-state index is -0.432. The molecule has 1 N–H and O–H groups in total. The van der Waals surface area contributed by atoms with Gasteiger partial charge in [-0.05, 0) is 18.1 Å². The number of hydrazone groups is 1. The number of cyclic esters (lactones) is 1. The smallest absolute Gasteiger partial charge is 0.339 e. The van der Waals surface area contributed by atoms with Crippen LogP contribution < -0.4 is 17.8 Å². The molecule has 1 aliphatic rings. The first-order valence-electron chi connectivity index (χ1n) is 9.82. The molecule has 0 spiro atoms. The number of fused-ring (bicyclic) bond motifs is 1. The molecule has 7 heteroatoms. The van der Waals surface area contributed by atoms with Gasteiger partial charge in [0.15, 0.2) is 6.54 Å². The number of nitrogens with zero attached hydrogens (tertiary/aromatic N) is 2. The topological polar surface area (TPSA) is 67.8 Å². The van der Waals surface area contributed by atoms with Gasteiger partial charge in [0.25, 0.3) is 5.91 Å². The quantitative estimate of drug-likeness (QED) is 0.295. The third-order valence-electron chi connectivity index (χ3n) is 4.87. The molecular weight excluding hydrogens is 402 g/mol. The van der Waals surface area contributed by atoms with Gasteiger partial charge in [-0.15, -0.1) is 0 Å². The van der Waals surface area contributed by atoms with E-state index in [1.807, 2.05) is 76.6 Å². The number of quaternary nitrogens is 1. The molecule has 0 aliphatic carbocycles. The highest BCUT2D eigenvalue weighted by Crippen LogP contribution is 2.39. The molecule has 30 heavy (non-hydrogen) atoms. The van der Waals surface area contributed by atoms with Crippen LogP contribution in [0.2, 0.25) is 0 Å². The third-order valence-corrected chi connectivity index (χ3v) is 4.87. The summed E-state index contributed by atoms with van der Waals surface area (Å²) in [7, 11) is 5.85. The van der Waals surface area contributed by atoms with Crippen molar-refractivity contribution in [2.45, 2.75) is 19.4 Å². The molecule has 0 radical (unpaired) electrons. The molecule has 2 aromatic rings. The van der Waals surface area contributed by atoms with Gasteiger partial charge in [-0.3, -0.25) is 4.79 Å². The highest BCUT2D eigenvalue weighted by molar-refractivity contribution is 6.04. The van der Waals surface area contributed by atoms with Gasteiger partial charge in [-0.1, -0.05) is 55.5 Å². The lowest BCUT2D eigenvalue weighted by molar-refractivity contribution is -0.862. The highest BCUT2D eigenvalue weighted by atomic mass is 35.5. The Hall–Kier alpha value is -2.70. The number of benzene rings is 2. The predicted molar refractivity (Wildman–Crippen MR) is 112 cm³/mol. The van der Waals surface area contributed by atoms with Crippen LogP contribution in [0.5, 0.6) is 0 Å². The van der Waals surface area contributed by atoms with E-state index in [1.165, 1.54) is 0 Å². The number of hydrogen-bond acceptors (Lipinski definition) is 4. The van der Waals surface area contributed by atoms with E-state index in [4.69, 9.17) is 4.74 Å². The Morgan fingerprint density at radius 2 is 1.73 bits per heavy atom. The zero-order chi connectivity index (χ0) is 21.0. The fraction of sp³-hybridized carbons (Fsp3) is 0.348. The molecule has 3 rings (SSSR count). The second kappa shape index (κ2) is 9.87. The number of likely N-dealkylation sites (N-methyl/N-ethyl adjacent to an activating group) is 1. The summed E-state index contributed by atoms with van der Waals surface area (Å²) in [6.07, 6.45) is 0.267. The predicted octanol–water partition coefficient (Wildman–Crippen LogP) is 0.155. The summed E-state index contributed by atoms with van der Waals surface area (Å²) < 4.78 is 6.25. The van der Waals surface area contributed by atoms with Crippen LogP contribution in [-0.4, -0.2) is 49.8 Å². The van der Waals surface area contributed by atoms with Gasteiger partial charge < -0.3 is 21.6 Å². The molecule has 6 nitrogen and oxygen atoms in total. The number of nitrogens with one attached hydrogen (secondary N) is 1. The SMILES string of the molecule is CCC(/C(=N\NC(=O)C[N+](C)(C)C)c1ccccc1)C1OC(=O)c2ccccc21.[Cl-]. The second-order valence-electron chi connectivity index (χ2n) is 8.27. The summed E-state index contributed by atoms with van der Waals surface area (Å²) in [5.41, 5.74) is 5.77. The number of carbonyl (C=O) groups excluding carboxylic acids is 2. The van der Waals surface area contributed by atoms with E-state index >= 15 is 0 Å². The molecule has 0 aromatic heterocycles. The summed E-state index contributed by atoms with van der Waals surface area (Å²) in [4.78, 5) is 24.7. The minimum Gasteiger partial charge on any atom is -1.00 e. The number of hydrogen-bond donors (Lipinski definition) is 1. The standard InChI is InChI=1S/C23H27N3O3.ClH/c1-5-17(22-18-13-9-10-14-19(18)23(28)29-22)21(16-11-7-6-8-12-16)25-24-20(27)15-26(2,3)4;/h6-14,17,22H,5,15H2,1-4H3;1H/b25-21-;. The van der Waals surface area contributed by atoms with Crippen LogP contribution in [0.1, 0.15) is 40.9 Å². The molecular formula is C23H28ClN3O3. The van der Waals surface area contributed by atoms with E-state index in [0.29, 0.717) is 28.7 Å². The Labute approximate surface area is 183 Å². The number of ether oxygens (including phenoxy) is 1. The zero-order valence-corrected chi connectivity index (χ0v) is 18.5. The molecule has 0 fully saturated rings. The second-order valence-corrected chi connectivity index (χ2v) is 8.27. The lowest BCUT2D eigenvalue weighted by Crippen LogP contribution is -3.00. The molecule has 1 heterocycles. The van der Waals surface area contributed by atoms with Crippen LogP contribution in [0.25, 0.3) is 0 Å². The van der Waals surface area contributed by atoms with Crippen molar-refractivity contribution >= 4 is 17.6 Å². The minimum absolute atomic E-state index is 0. The van der Waals surface area contributed by atoms with Crippen LogP contribution >= 0.6 is 0 Å². The van der Waals surface area contributed by atoms with Crippen LogP contribution in [0.3, 0.4) is 0 Å². The Balaban J connectivity index is 0.00000320. The number of carbonyl (C=O) groups is 2. The summed E-state index contributed by atoms with van der Waals surface area (Å²) in [5.74, 6) is -0.662. The third kappa shape index (κ3) is 5.46. The fourth-order valence-electron chi connectivity index (χ4n) is 3.58. The molecule has 160 valence electrons. The Morgan fingerprint density at radius 3 is 2.37 bits per heavy atom. The molecule has 2 aromatic carbocycles. The summed E-state index contributed by atoms with van der Waals surface area (Å²) in [6.45, 7) is 2.34. The molecule has 2 atom stereocenters. The van der Waals surface area contributed by atoms with Crippen LogP contribution in [0.15, 0.2) is 59.7 Å². The van der Waals surface area contributed by atoms with E-state index in [2.05, 4.69) is 10.5 Å². The van der Waals surface area contributed by atoms with E-state index in [1.54, 1.807) is 6.07 Å². The average molecular weight is 430 g/mol. The summed E-state index contributed by atoms with van der Waals surface area (Å²) in [6, 6.07) is 17.1. The van der Waals surface area contributed by atoms with Crippen molar-refractivity contribution < 1.29 is 31.2 Å². The Bertz CT molecular complexity index is 923. The number of esters is 1. The Kier molecular flexibility index (Phi) is 7.76. The maximum absolute atomic E-state index is 12.4. The van der Waals surface area contributed by atoms with E-state index in [9.17, 15) is 9.59 Å². The van der Waals surface area contributed by atoms with Gasteiger partial charge >= 0.3 is 5.97 Å². The highest BCUT2D eigenvalue weighted by Gasteiger charge is 2.38. The van der Waals surface area contributed by atoms with Crippen molar-refractivity contribution in [2.75, 3.05) is 27.7 Å². The van der Waals surface area contributed by atoms with Crippen LogP contribution in [0, 0.1) is 5.92 Å². The van der Waals surface area contributed by atoms with E-state index in [0.717, 1.165) is 11.1 Å². The fourth-order valence-corrected chi connectivity index (χ4v) is 3.58. The Morgan fingerprint density at radius 1 is 1.10 bits per heavy atom. The molecule has 0 saturated heterocycles. The molecule has 0 saturated carbocycles. The van der Waals surface area contributed by atoms with Crippen molar-refractivity contribution in [1.82, 2.24) is 5.43 Å². The molecule has 0 bridgehead atoms. The van der Waals surface area contributed by atoms with Crippen molar-refractivity contribution in [3.05, 3.63) is 71.3 Å². The number of rotatable bonds is 7. The van der Waals surface area contributed by atoms with Gasteiger partial charge in [0, 0.05) is 11.5 Å². The van der Waals surface area contributed by atoms with Gasteiger partial charge in [0.2, 0.25) is 0 Å². The van der Waals surface area contributed by atoms with Crippen molar-refractivity contribution in [1.29, 1.82) is 0 Å². The number of amides is 1. The van der Waals surface area contributed by atoms with Crippen LogP contribution in [-0.2, 0) is 9.53 Å². The zero-order valence-electron chi connectivity index (χ0n) is 17.8. The van der Waals surface area contributed by atoms with Gasteiger partial charge in [0.05, 0.1) is 32.4 Å². The average Bonchev–Trinajstić information content (AvgIpc) is 3.01. The normalized spacial score (nSPS) is 16.9. The van der Waals surface area contributed by atoms with Gasteiger partial charge in [0.1, 0.15) is 6.10 Å². The monoisotopic (exact) mass is 429 g/mol. The van der Waals surface area contributed by atoms with E-state index < -0.39 is 6.10 Å². The molecule has 1 amide bonds. The number of halogens is 1. The maximum Gasteiger partial charge on any atom is 0.339 e. The lowest BCUT2D eigenvalue weighted by atomic mass is 9.85. The van der Waals surface area contributed by atoms with Gasteiger partial charge in [-0.25, -0.2) is 10.2 Å². The molecule has 2 unspecified atom stereocenters. The first kappa shape index (κ1) is 23.6. The van der Waals surface area contributed by atoms with E-state index in [-0.39, 0.29) is 30.2 Å². The van der Waals surface area contributed by atoms with Gasteiger partial charge in [-0.2, -0.15) is 5.10 Å². The largest absolute Gasteiger partial charge is 1.00 e. The first-order valence-corrected chi connectivity index (χ1v) is 9.82. The summed E-state index contributed by atoms with van der Waals surface area (Å²) in [5, 5.41) is 4.51. The summed E-state index contributed by atoms with van der Waals surface area (Å²) >= 11 is 0. The van der Waals surface area contributed by atoms with Crippen molar-refractivity contribution in [3.8, 4) is 0 Å². The van der Waals surface area contributed by atoms with Crippen molar-refractivity contribution in [3.63, 3.8) is 0 Å². The molecule has 1 aliphatic heterocycles. The lowest BCUT2D eigenvalue weighted by Gasteiger charge is -2.25.